The molecule has 6 unspecified atom stereocenters. The van der Waals surface area contributed by atoms with Crippen LogP contribution in [0.5, 0.6) is 0 Å². The summed E-state index contributed by atoms with van der Waals surface area (Å²) in [5, 5.41) is 31.0. The van der Waals surface area contributed by atoms with Crippen LogP contribution in [0, 0.1) is 0 Å². The fraction of sp³-hybridized carbons (Fsp3) is 0.821. The molecular weight excluding hydrogens is 897 g/mol. The van der Waals surface area contributed by atoms with E-state index in [1.54, 1.807) is 0 Å². The van der Waals surface area contributed by atoms with Crippen molar-refractivity contribution in [3.63, 3.8) is 0 Å². The predicted molar refractivity (Wildman–Crippen MR) is 279 cm³/mol. The van der Waals surface area contributed by atoms with Crippen molar-refractivity contribution in [2.45, 2.75) is 275 Å². The zero-order chi connectivity index (χ0) is 50.5. The number of unbranched alkanes of at least 4 members (excludes halogenated alkanes) is 27. The van der Waals surface area contributed by atoms with E-state index in [1.807, 2.05) is 0 Å². The molecule has 0 amide bonds. The molecule has 1 aliphatic rings. The summed E-state index contributed by atoms with van der Waals surface area (Å²) >= 11 is 0. The van der Waals surface area contributed by atoms with Crippen LogP contribution in [0.1, 0.15) is 239 Å². The van der Waals surface area contributed by atoms with Crippen LogP contribution in [0.25, 0.3) is 0 Å². The maximum Gasteiger partial charge on any atom is 0.306 e. The van der Waals surface area contributed by atoms with Gasteiger partial charge in [-0.3, -0.25) is 14.1 Å². The normalized spacial score (nSPS) is 19.4. The Hall–Kier alpha value is -2.39. The lowest BCUT2D eigenvalue weighted by molar-refractivity contribution is -0.297. The highest BCUT2D eigenvalue weighted by atomic mass is 32.2. The molecule has 69 heavy (non-hydrogen) atoms. The lowest BCUT2D eigenvalue weighted by Crippen LogP contribution is -2.60. The molecule has 1 rings (SSSR count). The zero-order valence-electron chi connectivity index (χ0n) is 43.4. The van der Waals surface area contributed by atoms with Crippen molar-refractivity contribution in [3.05, 3.63) is 48.6 Å². The quantitative estimate of drug-likeness (QED) is 0.0196. The summed E-state index contributed by atoms with van der Waals surface area (Å²) in [6.07, 6.45) is 47.1. The minimum Gasteiger partial charge on any atom is -0.462 e. The average molecular weight is 997 g/mol. The molecule has 1 heterocycles. The van der Waals surface area contributed by atoms with Crippen molar-refractivity contribution in [2.75, 3.05) is 19.0 Å². The van der Waals surface area contributed by atoms with Gasteiger partial charge in [0.2, 0.25) is 0 Å². The number of allylic oxidation sites excluding steroid dienone is 8. The molecule has 13 heteroatoms. The number of esters is 2. The molecule has 1 aliphatic heterocycles. The summed E-state index contributed by atoms with van der Waals surface area (Å²) < 4.78 is 54.3. The molecule has 0 saturated carbocycles. The van der Waals surface area contributed by atoms with E-state index in [4.69, 9.17) is 18.9 Å². The fourth-order valence-electron chi connectivity index (χ4n) is 8.33. The van der Waals surface area contributed by atoms with Crippen LogP contribution < -0.4 is 0 Å². The third-order valence-corrected chi connectivity index (χ3v) is 13.4. The van der Waals surface area contributed by atoms with Gasteiger partial charge in [0.05, 0.1) is 6.61 Å². The Labute approximate surface area is 420 Å². The third kappa shape index (κ3) is 39.9. The maximum atomic E-state index is 12.9. The molecule has 0 aliphatic carbocycles. The van der Waals surface area contributed by atoms with Gasteiger partial charge in [0.1, 0.15) is 36.8 Å². The van der Waals surface area contributed by atoms with E-state index in [9.17, 15) is 37.9 Å². The van der Waals surface area contributed by atoms with Crippen molar-refractivity contribution in [3.8, 4) is 0 Å². The number of hydrogen-bond acceptors (Lipinski definition) is 11. The van der Waals surface area contributed by atoms with Crippen molar-refractivity contribution in [1.29, 1.82) is 0 Å². The van der Waals surface area contributed by atoms with E-state index >= 15 is 0 Å². The third-order valence-electron chi connectivity index (χ3n) is 12.6. The average Bonchev–Trinajstić information content (AvgIpc) is 3.32. The van der Waals surface area contributed by atoms with Gasteiger partial charge in [-0.1, -0.05) is 197 Å². The molecule has 402 valence electrons. The monoisotopic (exact) mass is 997 g/mol. The Kier molecular flexibility index (Phi) is 42.6. The number of ether oxygens (including phenoxy) is 4. The van der Waals surface area contributed by atoms with Crippen molar-refractivity contribution < 1.29 is 56.8 Å². The standard InChI is InChI=1S/C56H100O12S/c1-3-5-7-9-11-13-15-17-19-21-23-24-25-26-27-29-31-33-35-37-39-41-43-45-52(58)67-49(47-66-56-55(61)54(60)53(59)50(68-56)48-69(62,63)64)46-65-51(57)44-42-40-38-36-34-32-30-28-22-20-18-16-14-12-10-8-6-4-2/h14-17,20-23,49-50,53-56,59-61H,3-13,18-19,24-48H2,1-2H3,(H,62,63,64)/b16-14-,17-15-,22-20-,23-21-. The van der Waals surface area contributed by atoms with E-state index in [2.05, 4.69) is 62.5 Å². The lowest BCUT2D eigenvalue weighted by atomic mass is 10.00. The first-order chi connectivity index (χ1) is 33.5. The molecule has 1 fully saturated rings. The Balaban J connectivity index is 2.34. The molecule has 0 aromatic rings. The smallest absolute Gasteiger partial charge is 0.306 e. The van der Waals surface area contributed by atoms with Gasteiger partial charge in [-0.15, -0.1) is 0 Å². The van der Waals surface area contributed by atoms with Gasteiger partial charge in [-0.25, -0.2) is 0 Å². The fourth-order valence-corrected chi connectivity index (χ4v) is 9.02. The van der Waals surface area contributed by atoms with Crippen molar-refractivity contribution in [1.82, 2.24) is 0 Å². The molecule has 0 radical (unpaired) electrons. The minimum atomic E-state index is -4.61. The van der Waals surface area contributed by atoms with Crippen LogP contribution in [-0.2, 0) is 38.7 Å². The summed E-state index contributed by atoms with van der Waals surface area (Å²) in [7, 11) is -4.61. The second kappa shape index (κ2) is 45.5. The van der Waals surface area contributed by atoms with Crippen molar-refractivity contribution in [2.24, 2.45) is 0 Å². The summed E-state index contributed by atoms with van der Waals surface area (Å²) in [6.45, 7) is 3.76. The minimum absolute atomic E-state index is 0.160. The van der Waals surface area contributed by atoms with E-state index in [0.717, 1.165) is 70.6 Å². The molecule has 0 bridgehead atoms. The molecule has 0 aromatic heterocycles. The second-order valence-electron chi connectivity index (χ2n) is 19.2. The Morgan fingerprint density at radius 3 is 1.29 bits per heavy atom. The summed E-state index contributed by atoms with van der Waals surface area (Å²) in [6, 6.07) is 0. The van der Waals surface area contributed by atoms with Crippen LogP contribution in [0.4, 0.5) is 0 Å². The molecule has 0 spiro atoms. The summed E-state index contributed by atoms with van der Waals surface area (Å²) in [4.78, 5) is 25.6. The maximum absolute atomic E-state index is 12.9. The molecule has 0 aromatic carbocycles. The van der Waals surface area contributed by atoms with Crippen LogP contribution in [0.2, 0.25) is 0 Å². The summed E-state index contributed by atoms with van der Waals surface area (Å²) in [5.74, 6) is -1.99. The Morgan fingerprint density at radius 1 is 0.493 bits per heavy atom. The highest BCUT2D eigenvalue weighted by Crippen LogP contribution is 2.24. The van der Waals surface area contributed by atoms with Crippen LogP contribution in [0.3, 0.4) is 0 Å². The topological polar surface area (TPSA) is 186 Å². The van der Waals surface area contributed by atoms with Crippen LogP contribution in [0.15, 0.2) is 48.6 Å². The largest absolute Gasteiger partial charge is 0.462 e. The highest BCUT2D eigenvalue weighted by molar-refractivity contribution is 7.85. The highest BCUT2D eigenvalue weighted by Gasteiger charge is 2.46. The van der Waals surface area contributed by atoms with E-state index in [-0.39, 0.29) is 19.4 Å². The first-order valence-corrected chi connectivity index (χ1v) is 29.3. The van der Waals surface area contributed by atoms with Gasteiger partial charge in [0.25, 0.3) is 10.1 Å². The van der Waals surface area contributed by atoms with Gasteiger partial charge in [0.15, 0.2) is 12.4 Å². The van der Waals surface area contributed by atoms with Crippen molar-refractivity contribution >= 4 is 22.1 Å². The number of hydrogen-bond donors (Lipinski definition) is 4. The van der Waals surface area contributed by atoms with E-state index in [0.29, 0.717) is 12.8 Å². The number of aliphatic hydroxyl groups is 3. The van der Waals surface area contributed by atoms with E-state index < -0.39 is 71.2 Å². The van der Waals surface area contributed by atoms with Gasteiger partial charge in [-0.2, -0.15) is 8.42 Å². The Morgan fingerprint density at radius 2 is 0.870 bits per heavy atom. The SMILES string of the molecule is CCCCCC/C=C\C/C=C\CCCCCCCCCC(=O)OCC(COC1OC(CS(=O)(=O)O)C(O)C(O)C1O)OC(=O)CCCCCCCCCCCCC/C=C\C/C=C\CCCCCCC. The first-order valence-electron chi connectivity index (χ1n) is 27.7. The van der Waals surface area contributed by atoms with Crippen LogP contribution >= 0.6 is 0 Å². The van der Waals surface area contributed by atoms with E-state index in [1.165, 1.54) is 128 Å². The molecular formula is C56H100O12S. The number of carbonyl (C=O) groups excluding carboxylic acids is 2. The Bertz CT molecular complexity index is 1450. The predicted octanol–water partition coefficient (Wildman–Crippen LogP) is 13.1. The molecule has 1 saturated heterocycles. The molecule has 6 atom stereocenters. The van der Waals surface area contributed by atoms with Crippen LogP contribution in [-0.4, -0.2) is 96.0 Å². The number of aliphatic hydroxyl groups excluding tert-OH is 3. The molecule has 12 nitrogen and oxygen atoms in total. The summed E-state index contributed by atoms with van der Waals surface area (Å²) in [5.41, 5.74) is 0. The number of carbonyl (C=O) groups is 2. The zero-order valence-corrected chi connectivity index (χ0v) is 44.2. The lowest BCUT2D eigenvalue weighted by Gasteiger charge is -2.40. The number of rotatable bonds is 47. The van der Waals surface area contributed by atoms with Gasteiger partial charge >= 0.3 is 11.9 Å². The second-order valence-corrected chi connectivity index (χ2v) is 20.7. The van der Waals surface area contributed by atoms with Gasteiger partial charge in [-0.05, 0) is 77.0 Å². The molecule has 4 N–H and O–H groups in total. The first kappa shape index (κ1) is 64.6. The van der Waals surface area contributed by atoms with Gasteiger partial charge < -0.3 is 34.3 Å². The van der Waals surface area contributed by atoms with Gasteiger partial charge in [0, 0.05) is 12.8 Å².